The molecule has 3 N–H and O–H groups in total. The van der Waals surface area contributed by atoms with Crippen molar-refractivity contribution in [3.8, 4) is 0 Å². The molecular formula is C34H34O10. The Hall–Kier alpha value is -3.22. The topological polar surface area (TPSA) is 144 Å². The Labute approximate surface area is 253 Å². The highest BCUT2D eigenvalue weighted by atomic mass is 16.9. The lowest BCUT2D eigenvalue weighted by molar-refractivity contribution is -0.440. The van der Waals surface area contributed by atoms with E-state index in [1.54, 1.807) is 74.5 Å². The highest BCUT2D eigenvalue weighted by Crippen LogP contribution is 2.74. The zero-order valence-corrected chi connectivity index (χ0v) is 24.5. The zero-order valence-electron chi connectivity index (χ0n) is 24.5. The van der Waals surface area contributed by atoms with Crippen LogP contribution < -0.4 is 0 Å². The molecule has 10 nitrogen and oxygen atoms in total. The molecule has 0 radical (unpaired) electrons. The minimum Gasteiger partial charge on any atom is -0.455 e. The predicted molar refractivity (Wildman–Crippen MR) is 152 cm³/mol. The van der Waals surface area contributed by atoms with E-state index in [-0.39, 0.29) is 5.57 Å². The number of aliphatic hydroxyl groups excluding tert-OH is 2. The molecule has 0 spiro atoms. The fourth-order valence-electron chi connectivity index (χ4n) is 9.07. The number of hydrogen-bond acceptors (Lipinski definition) is 10. The highest BCUT2D eigenvalue weighted by Gasteiger charge is 2.90. The van der Waals surface area contributed by atoms with Gasteiger partial charge in [-0.2, -0.15) is 0 Å². The van der Waals surface area contributed by atoms with Crippen LogP contribution in [0.4, 0.5) is 0 Å². The standard InChI is InChI=1S/C34H34O10/c1-17(2)32-25(40-28(37)20-11-7-5-8-12-20)19(4)33-22-15-18(3)24(36)31(22,39)29(38)30(16-35)26(41-30)23(33)27(32)42-34(43-32,44-33)21-13-9-6-10-14-21/h5-15,19,22-23,25-27,29,35,38-39H,1,16H2,2-4H3/t19-,22+,23+,25+,26-,27-,29+,30+,31-,32+,33-,34+/m1/s1. The van der Waals surface area contributed by atoms with Crippen molar-refractivity contribution in [1.29, 1.82) is 0 Å². The van der Waals surface area contributed by atoms with Crippen LogP contribution in [0.1, 0.15) is 36.7 Å². The molecule has 2 aromatic carbocycles. The van der Waals surface area contributed by atoms with Crippen molar-refractivity contribution >= 4 is 11.8 Å². The molecule has 5 fully saturated rings. The van der Waals surface area contributed by atoms with Crippen LogP contribution in [0.2, 0.25) is 0 Å². The summed E-state index contributed by atoms with van der Waals surface area (Å²) in [7, 11) is 0. The van der Waals surface area contributed by atoms with E-state index in [0.717, 1.165) is 0 Å². The van der Waals surface area contributed by atoms with E-state index in [1.165, 1.54) is 0 Å². The molecule has 3 heterocycles. The van der Waals surface area contributed by atoms with Crippen LogP contribution in [0.15, 0.2) is 84.5 Å². The molecule has 2 aromatic rings. The molecule has 3 saturated heterocycles. The summed E-state index contributed by atoms with van der Waals surface area (Å²) in [6.07, 6.45) is -3.09. The second-order valence-corrected chi connectivity index (χ2v) is 13.1. The van der Waals surface area contributed by atoms with Gasteiger partial charge in [0.05, 0.1) is 17.8 Å². The summed E-state index contributed by atoms with van der Waals surface area (Å²) in [5.74, 6) is -5.87. The van der Waals surface area contributed by atoms with Crippen LogP contribution in [0.25, 0.3) is 0 Å². The maximum Gasteiger partial charge on any atom is 0.338 e. The summed E-state index contributed by atoms with van der Waals surface area (Å²) in [6.45, 7) is 8.80. The molecule has 0 unspecified atom stereocenters. The lowest BCUT2D eigenvalue weighted by Gasteiger charge is -2.61. The van der Waals surface area contributed by atoms with Gasteiger partial charge in [-0.25, -0.2) is 4.79 Å². The van der Waals surface area contributed by atoms with E-state index in [0.29, 0.717) is 16.7 Å². The third-order valence-electron chi connectivity index (χ3n) is 11.1. The first-order valence-electron chi connectivity index (χ1n) is 14.9. The Bertz CT molecular complexity index is 1620. The molecule has 12 atom stereocenters. The van der Waals surface area contributed by atoms with Crippen molar-refractivity contribution in [3.63, 3.8) is 0 Å². The predicted octanol–water partition coefficient (Wildman–Crippen LogP) is 2.17. The molecule has 44 heavy (non-hydrogen) atoms. The average Bonchev–Trinajstić information content (AvgIpc) is 3.65. The molecule has 8 rings (SSSR count). The molecule has 0 amide bonds. The number of esters is 1. The van der Waals surface area contributed by atoms with Crippen LogP contribution in [0.3, 0.4) is 0 Å². The van der Waals surface area contributed by atoms with Crippen LogP contribution >= 0.6 is 0 Å². The van der Waals surface area contributed by atoms with Crippen LogP contribution in [-0.2, 0) is 34.5 Å². The number of benzene rings is 2. The van der Waals surface area contributed by atoms with E-state index in [2.05, 4.69) is 6.58 Å². The molecule has 3 aliphatic heterocycles. The smallest absolute Gasteiger partial charge is 0.338 e. The normalized spacial score (nSPS) is 47.6. The molecule has 2 saturated carbocycles. The molecule has 6 aliphatic rings. The van der Waals surface area contributed by atoms with Gasteiger partial charge in [0.2, 0.25) is 0 Å². The van der Waals surface area contributed by atoms with Crippen molar-refractivity contribution in [1.82, 2.24) is 0 Å². The number of epoxide rings is 1. The summed E-state index contributed by atoms with van der Waals surface area (Å²) < 4.78 is 33.4. The van der Waals surface area contributed by atoms with Crippen molar-refractivity contribution < 1.29 is 48.6 Å². The third kappa shape index (κ3) is 3.00. The Morgan fingerprint density at radius 1 is 1.02 bits per heavy atom. The summed E-state index contributed by atoms with van der Waals surface area (Å²) in [6, 6.07) is 17.6. The molecule has 0 aromatic heterocycles. The van der Waals surface area contributed by atoms with Crippen molar-refractivity contribution in [2.24, 2.45) is 17.8 Å². The monoisotopic (exact) mass is 602 g/mol. The first-order valence-corrected chi connectivity index (χ1v) is 14.9. The lowest BCUT2D eigenvalue weighted by Crippen LogP contribution is -2.76. The summed E-state index contributed by atoms with van der Waals surface area (Å²) in [5.41, 5.74) is -5.56. The van der Waals surface area contributed by atoms with Crippen LogP contribution in [-0.4, -0.2) is 80.5 Å². The minimum absolute atomic E-state index is 0.232. The average molecular weight is 603 g/mol. The molecule has 3 bridgehead atoms. The SMILES string of the molecule is C=C(C)[C@@]12O[C@]3(c4ccccc4)O[C@@H]1[C@@H]1[C@H]4O[C@]4(CO)[C@H](O)[C@]4(O)C(=O)C(C)=C[C@@H]4[C@]1(O3)[C@H](C)[C@@H]2OC(=O)c1ccccc1. The highest BCUT2D eigenvalue weighted by molar-refractivity contribution is 6.05. The number of fused-ring (bicyclic) bond motifs is 3. The Balaban J connectivity index is 1.41. The molecule has 230 valence electrons. The number of carbonyl (C=O) groups excluding carboxylic acids is 2. The van der Waals surface area contributed by atoms with Gasteiger partial charge in [-0.05, 0) is 37.1 Å². The van der Waals surface area contributed by atoms with E-state index < -0.39 is 88.9 Å². The van der Waals surface area contributed by atoms with Gasteiger partial charge >= 0.3 is 11.9 Å². The lowest BCUT2D eigenvalue weighted by atomic mass is 9.53. The van der Waals surface area contributed by atoms with Gasteiger partial charge in [-0.15, -0.1) is 0 Å². The van der Waals surface area contributed by atoms with Gasteiger partial charge in [0.25, 0.3) is 0 Å². The molecular weight excluding hydrogens is 568 g/mol. The maximum absolute atomic E-state index is 13.8. The summed E-state index contributed by atoms with van der Waals surface area (Å²) in [5, 5.41) is 34.8. The van der Waals surface area contributed by atoms with Gasteiger partial charge in [-0.1, -0.05) is 68.1 Å². The number of ketones is 1. The van der Waals surface area contributed by atoms with E-state index in [4.69, 9.17) is 23.7 Å². The number of rotatable bonds is 5. The molecule has 10 heteroatoms. The van der Waals surface area contributed by atoms with Gasteiger partial charge in [-0.3, -0.25) is 4.79 Å². The number of Topliss-reactive ketones (excluding diaryl/α,β-unsaturated/α-hetero) is 1. The number of aliphatic hydroxyl groups is 3. The van der Waals surface area contributed by atoms with Gasteiger partial charge in [0.15, 0.2) is 17.0 Å². The second-order valence-electron chi connectivity index (χ2n) is 13.1. The first-order chi connectivity index (χ1) is 20.9. The third-order valence-corrected chi connectivity index (χ3v) is 11.1. The van der Waals surface area contributed by atoms with Gasteiger partial charge in [0, 0.05) is 23.3 Å². The van der Waals surface area contributed by atoms with Crippen molar-refractivity contribution in [2.75, 3.05) is 6.61 Å². The second kappa shape index (κ2) is 8.73. The Morgan fingerprint density at radius 3 is 2.32 bits per heavy atom. The fraction of sp³-hybridized carbons (Fsp3) is 0.471. The maximum atomic E-state index is 13.8. The minimum atomic E-state index is -2.42. The molecule has 3 aliphatic carbocycles. The number of hydrogen-bond donors (Lipinski definition) is 3. The Morgan fingerprint density at radius 2 is 1.68 bits per heavy atom. The van der Waals surface area contributed by atoms with E-state index >= 15 is 0 Å². The van der Waals surface area contributed by atoms with Crippen molar-refractivity contribution in [2.45, 2.75) is 73.6 Å². The van der Waals surface area contributed by atoms with Crippen molar-refractivity contribution in [3.05, 3.63) is 95.6 Å². The van der Waals surface area contributed by atoms with E-state index in [1.807, 2.05) is 13.0 Å². The Kier molecular flexibility index (Phi) is 5.61. The van der Waals surface area contributed by atoms with Gasteiger partial charge in [0.1, 0.15) is 30.0 Å². The fourth-order valence-corrected chi connectivity index (χ4v) is 9.07. The number of ether oxygens (including phenoxy) is 5. The summed E-state index contributed by atoms with van der Waals surface area (Å²) >= 11 is 0. The largest absolute Gasteiger partial charge is 0.455 e. The van der Waals surface area contributed by atoms with E-state index in [9.17, 15) is 24.9 Å². The van der Waals surface area contributed by atoms with Crippen LogP contribution in [0.5, 0.6) is 0 Å². The zero-order chi connectivity index (χ0) is 31.0. The summed E-state index contributed by atoms with van der Waals surface area (Å²) in [4.78, 5) is 27.5. The quantitative estimate of drug-likeness (QED) is 0.265. The first kappa shape index (κ1) is 28.3. The van der Waals surface area contributed by atoms with Crippen LogP contribution in [0, 0.1) is 17.8 Å². The van der Waals surface area contributed by atoms with Gasteiger partial charge < -0.3 is 39.0 Å². The number of carbonyl (C=O) groups is 2.